The van der Waals surface area contributed by atoms with Gasteiger partial charge in [-0.05, 0) is 39.7 Å². The van der Waals surface area contributed by atoms with Crippen molar-refractivity contribution >= 4 is 23.9 Å². The van der Waals surface area contributed by atoms with Crippen LogP contribution in [-0.4, -0.2) is 60.2 Å². The van der Waals surface area contributed by atoms with Gasteiger partial charge in [0.25, 0.3) is 0 Å². The number of esters is 1. The van der Waals surface area contributed by atoms with Crippen molar-refractivity contribution in [1.82, 2.24) is 10.2 Å². The van der Waals surface area contributed by atoms with Gasteiger partial charge in [0.05, 0.1) is 12.6 Å². The van der Waals surface area contributed by atoms with Crippen LogP contribution in [0.2, 0.25) is 0 Å². The molecule has 2 rings (SSSR count). The topological polar surface area (TPSA) is 111 Å². The second kappa shape index (κ2) is 11.5. The number of carbonyl (C=O) groups is 4. The molecule has 0 saturated carbocycles. The largest absolute Gasteiger partial charge is 0.466 e. The molecule has 1 N–H and O–H groups in total. The van der Waals surface area contributed by atoms with Crippen molar-refractivity contribution < 1.29 is 33.4 Å². The standard InChI is InChI=1S/C23H32N2O7/c1-5-30-20(27)12-19(26)17-11-18(14-25(13-17)22(29)32-23(2,3)4)24-21(28)31-15-16-9-7-6-8-10-16/h6-10,17-18H,5,11-15H2,1-4H3,(H,24,28)/t17-,18+/m1/s1. The van der Waals surface area contributed by atoms with Crippen molar-refractivity contribution in [2.24, 2.45) is 5.92 Å². The Morgan fingerprint density at radius 1 is 1.06 bits per heavy atom. The van der Waals surface area contributed by atoms with Gasteiger partial charge in [-0.2, -0.15) is 0 Å². The zero-order valence-corrected chi connectivity index (χ0v) is 19.1. The number of piperidine rings is 1. The number of likely N-dealkylation sites (tertiary alicyclic amines) is 1. The summed E-state index contributed by atoms with van der Waals surface area (Å²) in [7, 11) is 0. The van der Waals surface area contributed by atoms with E-state index in [0.29, 0.717) is 0 Å². The zero-order valence-electron chi connectivity index (χ0n) is 19.1. The number of nitrogens with zero attached hydrogens (tertiary/aromatic N) is 1. The summed E-state index contributed by atoms with van der Waals surface area (Å²) in [5.41, 5.74) is 0.125. The Balaban J connectivity index is 2.03. The number of hydrogen-bond donors (Lipinski definition) is 1. The number of hydrogen-bond acceptors (Lipinski definition) is 7. The van der Waals surface area contributed by atoms with Crippen molar-refractivity contribution in [1.29, 1.82) is 0 Å². The molecule has 1 aliphatic rings. The molecule has 9 heteroatoms. The number of rotatable bonds is 7. The lowest BCUT2D eigenvalue weighted by molar-refractivity contribution is -0.146. The Bertz CT molecular complexity index is 804. The number of ether oxygens (including phenoxy) is 3. The van der Waals surface area contributed by atoms with Gasteiger partial charge in [0.2, 0.25) is 0 Å². The quantitative estimate of drug-likeness (QED) is 0.388. The molecule has 0 radical (unpaired) electrons. The number of ketones is 1. The van der Waals surface area contributed by atoms with E-state index >= 15 is 0 Å². The lowest BCUT2D eigenvalue weighted by atomic mass is 9.89. The first kappa shape index (κ1) is 25.2. The van der Waals surface area contributed by atoms with E-state index in [-0.39, 0.29) is 44.9 Å². The number of Topliss-reactive ketones (excluding diaryl/α,β-unsaturated/α-hetero) is 1. The molecular weight excluding hydrogens is 416 g/mol. The van der Waals surface area contributed by atoms with E-state index in [9.17, 15) is 19.2 Å². The van der Waals surface area contributed by atoms with E-state index in [2.05, 4.69) is 5.32 Å². The van der Waals surface area contributed by atoms with Crippen LogP contribution in [0.25, 0.3) is 0 Å². The highest BCUT2D eigenvalue weighted by Crippen LogP contribution is 2.22. The number of benzene rings is 1. The summed E-state index contributed by atoms with van der Waals surface area (Å²) in [6.07, 6.45) is -1.35. The van der Waals surface area contributed by atoms with E-state index in [1.54, 1.807) is 27.7 Å². The molecule has 1 aromatic rings. The molecule has 2 atom stereocenters. The maximum atomic E-state index is 12.7. The van der Waals surface area contributed by atoms with Crippen molar-refractivity contribution in [3.63, 3.8) is 0 Å². The van der Waals surface area contributed by atoms with Gasteiger partial charge in [-0.1, -0.05) is 30.3 Å². The minimum absolute atomic E-state index is 0.0976. The van der Waals surface area contributed by atoms with E-state index in [4.69, 9.17) is 14.2 Å². The molecule has 0 spiro atoms. The predicted octanol–water partition coefficient (Wildman–Crippen LogP) is 3.06. The van der Waals surface area contributed by atoms with Gasteiger partial charge < -0.3 is 24.4 Å². The lowest BCUT2D eigenvalue weighted by Crippen LogP contribution is -2.55. The fourth-order valence-corrected chi connectivity index (χ4v) is 3.34. The molecule has 1 aromatic carbocycles. The molecule has 0 bridgehead atoms. The Morgan fingerprint density at radius 2 is 1.75 bits per heavy atom. The third-order valence-corrected chi connectivity index (χ3v) is 4.72. The molecule has 0 unspecified atom stereocenters. The molecule has 1 fully saturated rings. The Labute approximate surface area is 188 Å². The first-order valence-corrected chi connectivity index (χ1v) is 10.7. The molecule has 32 heavy (non-hydrogen) atoms. The molecule has 176 valence electrons. The van der Waals surface area contributed by atoms with E-state index in [1.807, 2.05) is 30.3 Å². The summed E-state index contributed by atoms with van der Waals surface area (Å²) < 4.78 is 15.5. The molecule has 1 saturated heterocycles. The second-order valence-electron chi connectivity index (χ2n) is 8.67. The molecule has 9 nitrogen and oxygen atoms in total. The van der Waals surface area contributed by atoms with Gasteiger partial charge in [0, 0.05) is 19.0 Å². The van der Waals surface area contributed by atoms with Crippen molar-refractivity contribution in [2.45, 2.75) is 58.8 Å². The van der Waals surface area contributed by atoms with Gasteiger partial charge in [-0.25, -0.2) is 9.59 Å². The van der Waals surface area contributed by atoms with Crippen LogP contribution in [0.3, 0.4) is 0 Å². The van der Waals surface area contributed by atoms with E-state index in [1.165, 1.54) is 4.90 Å². The third kappa shape index (κ3) is 8.56. The highest BCUT2D eigenvalue weighted by Gasteiger charge is 2.37. The zero-order chi connectivity index (χ0) is 23.7. The highest BCUT2D eigenvalue weighted by atomic mass is 16.6. The summed E-state index contributed by atoms with van der Waals surface area (Å²) in [5, 5.41) is 2.72. The molecule has 0 aromatic heterocycles. The summed E-state index contributed by atoms with van der Waals surface area (Å²) >= 11 is 0. The van der Waals surface area contributed by atoms with Crippen LogP contribution in [0.5, 0.6) is 0 Å². The van der Waals surface area contributed by atoms with Crippen molar-refractivity contribution in [3.05, 3.63) is 35.9 Å². The van der Waals surface area contributed by atoms with Gasteiger partial charge in [-0.3, -0.25) is 9.59 Å². The van der Waals surface area contributed by atoms with Crippen LogP contribution in [0.4, 0.5) is 9.59 Å². The Hall–Kier alpha value is -3.10. The van der Waals surface area contributed by atoms with Gasteiger partial charge in [-0.15, -0.1) is 0 Å². The fraction of sp³-hybridized carbons (Fsp3) is 0.565. The van der Waals surface area contributed by atoms with Crippen LogP contribution >= 0.6 is 0 Å². The summed E-state index contributed by atoms with van der Waals surface area (Å²) in [6.45, 7) is 7.44. The maximum absolute atomic E-state index is 12.7. The van der Waals surface area contributed by atoms with Gasteiger partial charge >= 0.3 is 18.2 Å². The molecule has 2 amide bonds. The van der Waals surface area contributed by atoms with Gasteiger partial charge in [0.15, 0.2) is 0 Å². The molecular formula is C23H32N2O7. The summed E-state index contributed by atoms with van der Waals surface area (Å²) in [4.78, 5) is 50.7. The van der Waals surface area contributed by atoms with Crippen LogP contribution in [0.15, 0.2) is 30.3 Å². The second-order valence-corrected chi connectivity index (χ2v) is 8.67. The normalized spacial score (nSPS) is 18.4. The Kier molecular flexibility index (Phi) is 9.04. The average molecular weight is 449 g/mol. The molecule has 1 aliphatic heterocycles. The van der Waals surface area contributed by atoms with E-state index < -0.39 is 35.7 Å². The van der Waals surface area contributed by atoms with Crippen LogP contribution in [0, 0.1) is 5.92 Å². The first-order chi connectivity index (χ1) is 15.1. The van der Waals surface area contributed by atoms with Crippen LogP contribution < -0.4 is 5.32 Å². The van der Waals surface area contributed by atoms with Crippen molar-refractivity contribution in [2.75, 3.05) is 19.7 Å². The van der Waals surface area contributed by atoms with E-state index in [0.717, 1.165) is 5.56 Å². The third-order valence-electron chi connectivity index (χ3n) is 4.72. The minimum atomic E-state index is -0.712. The summed E-state index contributed by atoms with van der Waals surface area (Å²) in [5.74, 6) is -1.60. The number of carbonyl (C=O) groups excluding carboxylic acids is 4. The molecule has 0 aliphatic carbocycles. The van der Waals surface area contributed by atoms with Crippen molar-refractivity contribution in [3.8, 4) is 0 Å². The van der Waals surface area contributed by atoms with Gasteiger partial charge in [0.1, 0.15) is 24.4 Å². The van der Waals surface area contributed by atoms with Crippen LogP contribution in [0.1, 0.15) is 46.1 Å². The average Bonchev–Trinajstić information content (AvgIpc) is 2.71. The Morgan fingerprint density at radius 3 is 2.38 bits per heavy atom. The fourth-order valence-electron chi connectivity index (χ4n) is 3.34. The van der Waals surface area contributed by atoms with Crippen LogP contribution in [-0.2, 0) is 30.4 Å². The minimum Gasteiger partial charge on any atom is -0.466 e. The maximum Gasteiger partial charge on any atom is 0.410 e. The number of amides is 2. The molecule has 1 heterocycles. The SMILES string of the molecule is CCOC(=O)CC(=O)[C@@H]1C[C@H](NC(=O)OCc2ccccc2)CN(C(=O)OC(C)(C)C)C1. The number of alkyl carbamates (subject to hydrolysis) is 1. The first-order valence-electron chi connectivity index (χ1n) is 10.7. The smallest absolute Gasteiger partial charge is 0.410 e. The predicted molar refractivity (Wildman–Crippen MR) is 116 cm³/mol. The lowest BCUT2D eigenvalue weighted by Gasteiger charge is -2.37. The summed E-state index contributed by atoms with van der Waals surface area (Å²) in [6, 6.07) is 8.69. The number of nitrogens with one attached hydrogen (secondary N) is 1. The monoisotopic (exact) mass is 448 g/mol. The highest BCUT2D eigenvalue weighted by molar-refractivity contribution is 5.97.